The number of hydrogen-bond donors (Lipinski definition) is 0. The van der Waals surface area contributed by atoms with E-state index in [9.17, 15) is 18.0 Å². The first-order chi connectivity index (χ1) is 13.9. The summed E-state index contributed by atoms with van der Waals surface area (Å²) in [4.78, 5) is 28.6. The summed E-state index contributed by atoms with van der Waals surface area (Å²) in [6.45, 7) is 6.96. The number of piperazine rings is 1. The fourth-order valence-electron chi connectivity index (χ4n) is 3.71. The maximum Gasteiger partial charge on any atom is 0.243 e. The summed E-state index contributed by atoms with van der Waals surface area (Å²) in [6, 6.07) is 6.82. The van der Waals surface area contributed by atoms with Gasteiger partial charge in [-0.2, -0.15) is 4.31 Å². The quantitative estimate of drug-likeness (QED) is 0.640. The Kier molecular flexibility index (Phi) is 6.95. The Morgan fingerprint density at radius 3 is 2.03 bits per heavy atom. The Hall–Kier alpha value is -1.93. The predicted molar refractivity (Wildman–Crippen MR) is 111 cm³/mol. The standard InChI is InChI=1S/C21H31N3O4S/c1-3-24(4-2)29(27,28)19-10-5-17(6-11-19)7-12-20(25)22-13-15-23(16-14-22)21(26)18-8-9-18/h5-6,10-11,18H,3-4,7-9,12-16H2,1-2H3. The van der Waals surface area contributed by atoms with Gasteiger partial charge in [-0.05, 0) is 37.0 Å². The minimum absolute atomic E-state index is 0.0864. The molecule has 2 fully saturated rings. The Bertz CT molecular complexity index is 822. The molecule has 1 aromatic carbocycles. The zero-order valence-corrected chi connectivity index (χ0v) is 18.2. The van der Waals surface area contributed by atoms with Crippen molar-refractivity contribution in [3.63, 3.8) is 0 Å². The van der Waals surface area contributed by atoms with Crippen molar-refractivity contribution >= 4 is 21.8 Å². The Labute approximate surface area is 173 Å². The molecule has 3 rings (SSSR count). The molecule has 8 heteroatoms. The second-order valence-electron chi connectivity index (χ2n) is 7.71. The van der Waals surface area contributed by atoms with Crippen LogP contribution in [0.5, 0.6) is 0 Å². The van der Waals surface area contributed by atoms with Gasteiger partial charge in [0.1, 0.15) is 0 Å². The second-order valence-corrected chi connectivity index (χ2v) is 9.65. The molecule has 1 aliphatic carbocycles. The zero-order valence-electron chi connectivity index (χ0n) is 17.3. The molecule has 0 radical (unpaired) electrons. The van der Waals surface area contributed by atoms with Gasteiger partial charge >= 0.3 is 0 Å². The van der Waals surface area contributed by atoms with Crippen molar-refractivity contribution in [3.8, 4) is 0 Å². The van der Waals surface area contributed by atoms with Crippen molar-refractivity contribution in [1.82, 2.24) is 14.1 Å². The van der Waals surface area contributed by atoms with Crippen molar-refractivity contribution in [3.05, 3.63) is 29.8 Å². The fourth-order valence-corrected chi connectivity index (χ4v) is 5.17. The Morgan fingerprint density at radius 2 is 1.52 bits per heavy atom. The summed E-state index contributed by atoms with van der Waals surface area (Å²) in [5.41, 5.74) is 0.944. The van der Waals surface area contributed by atoms with E-state index in [-0.39, 0.29) is 22.6 Å². The van der Waals surface area contributed by atoms with Gasteiger partial charge in [-0.3, -0.25) is 9.59 Å². The van der Waals surface area contributed by atoms with Crippen LogP contribution in [0.2, 0.25) is 0 Å². The largest absolute Gasteiger partial charge is 0.339 e. The van der Waals surface area contributed by atoms with Gasteiger partial charge in [-0.25, -0.2) is 8.42 Å². The van der Waals surface area contributed by atoms with Crippen LogP contribution >= 0.6 is 0 Å². The van der Waals surface area contributed by atoms with E-state index in [1.54, 1.807) is 24.3 Å². The Morgan fingerprint density at radius 1 is 0.966 bits per heavy atom. The molecule has 29 heavy (non-hydrogen) atoms. The van der Waals surface area contributed by atoms with E-state index in [2.05, 4.69) is 0 Å². The molecule has 0 unspecified atom stereocenters. The number of hydrogen-bond acceptors (Lipinski definition) is 4. The van der Waals surface area contributed by atoms with E-state index in [1.807, 2.05) is 23.6 Å². The lowest BCUT2D eigenvalue weighted by Gasteiger charge is -2.35. The first-order valence-electron chi connectivity index (χ1n) is 10.5. The molecule has 0 bridgehead atoms. The van der Waals surface area contributed by atoms with Crippen LogP contribution < -0.4 is 0 Å². The van der Waals surface area contributed by atoms with Crippen LogP contribution in [-0.2, 0) is 26.0 Å². The van der Waals surface area contributed by atoms with Crippen molar-refractivity contribution in [1.29, 1.82) is 0 Å². The Balaban J connectivity index is 1.49. The molecule has 160 valence electrons. The average Bonchev–Trinajstić information content (AvgIpc) is 3.58. The average molecular weight is 422 g/mol. The molecule has 2 amide bonds. The first kappa shape index (κ1) is 21.8. The third kappa shape index (κ3) is 5.17. The highest BCUT2D eigenvalue weighted by atomic mass is 32.2. The van der Waals surface area contributed by atoms with Crippen LogP contribution in [0.15, 0.2) is 29.2 Å². The number of amides is 2. The molecule has 7 nitrogen and oxygen atoms in total. The minimum atomic E-state index is -3.45. The number of carbonyl (C=O) groups is 2. The molecule has 1 aromatic rings. The van der Waals surface area contributed by atoms with E-state index in [0.717, 1.165) is 18.4 Å². The minimum Gasteiger partial charge on any atom is -0.339 e. The highest BCUT2D eigenvalue weighted by Crippen LogP contribution is 2.31. The maximum absolute atomic E-state index is 12.5. The van der Waals surface area contributed by atoms with E-state index >= 15 is 0 Å². The molecule has 1 saturated carbocycles. The van der Waals surface area contributed by atoms with E-state index in [1.165, 1.54) is 4.31 Å². The third-order valence-electron chi connectivity index (χ3n) is 5.76. The second kappa shape index (κ2) is 9.26. The lowest BCUT2D eigenvalue weighted by molar-refractivity contribution is -0.140. The summed E-state index contributed by atoms with van der Waals surface area (Å²) >= 11 is 0. The van der Waals surface area contributed by atoms with E-state index in [4.69, 9.17) is 0 Å². The molecule has 1 heterocycles. The summed E-state index contributed by atoms with van der Waals surface area (Å²) in [6.07, 6.45) is 2.98. The SMILES string of the molecule is CCN(CC)S(=O)(=O)c1ccc(CCC(=O)N2CCN(C(=O)C3CC3)CC2)cc1. The van der Waals surface area contributed by atoms with Gasteiger partial charge in [-0.1, -0.05) is 26.0 Å². The smallest absolute Gasteiger partial charge is 0.243 e. The van der Waals surface area contributed by atoms with Crippen LogP contribution in [0.25, 0.3) is 0 Å². The molecule has 0 spiro atoms. The molecule has 1 saturated heterocycles. The molecule has 0 atom stereocenters. The number of rotatable bonds is 8. The number of aryl methyl sites for hydroxylation is 1. The van der Waals surface area contributed by atoms with Gasteiger partial charge in [0, 0.05) is 51.6 Å². The number of nitrogens with zero attached hydrogens (tertiary/aromatic N) is 3. The molecule has 2 aliphatic rings. The normalized spacial score (nSPS) is 17.6. The number of benzene rings is 1. The van der Waals surface area contributed by atoms with Crippen molar-refractivity contribution in [2.24, 2.45) is 5.92 Å². The fraction of sp³-hybridized carbons (Fsp3) is 0.619. The lowest BCUT2D eigenvalue weighted by Crippen LogP contribution is -2.51. The van der Waals surface area contributed by atoms with Crippen molar-refractivity contribution in [2.75, 3.05) is 39.3 Å². The third-order valence-corrected chi connectivity index (χ3v) is 7.83. The van der Waals surface area contributed by atoms with Crippen LogP contribution in [0.4, 0.5) is 0 Å². The summed E-state index contributed by atoms with van der Waals surface area (Å²) in [7, 11) is -3.45. The van der Waals surface area contributed by atoms with Gasteiger partial charge in [0.05, 0.1) is 4.90 Å². The van der Waals surface area contributed by atoms with E-state index in [0.29, 0.717) is 52.1 Å². The van der Waals surface area contributed by atoms with Crippen molar-refractivity contribution in [2.45, 2.75) is 44.4 Å². The highest BCUT2D eigenvalue weighted by Gasteiger charge is 2.35. The highest BCUT2D eigenvalue weighted by molar-refractivity contribution is 7.89. The van der Waals surface area contributed by atoms with Gasteiger partial charge < -0.3 is 9.80 Å². The maximum atomic E-state index is 12.5. The van der Waals surface area contributed by atoms with E-state index < -0.39 is 10.0 Å². The van der Waals surface area contributed by atoms with Gasteiger partial charge in [0.25, 0.3) is 0 Å². The number of carbonyl (C=O) groups excluding carboxylic acids is 2. The molecular weight excluding hydrogens is 390 g/mol. The molecular formula is C21H31N3O4S. The topological polar surface area (TPSA) is 78.0 Å². The zero-order chi connectivity index (χ0) is 21.0. The van der Waals surface area contributed by atoms with Gasteiger partial charge in [0.2, 0.25) is 21.8 Å². The van der Waals surface area contributed by atoms with Gasteiger partial charge in [-0.15, -0.1) is 0 Å². The van der Waals surface area contributed by atoms with Crippen LogP contribution in [0, 0.1) is 5.92 Å². The van der Waals surface area contributed by atoms with Crippen LogP contribution in [-0.4, -0.2) is 73.6 Å². The first-order valence-corrected chi connectivity index (χ1v) is 12.0. The predicted octanol–water partition coefficient (Wildman–Crippen LogP) is 1.73. The molecule has 1 aliphatic heterocycles. The summed E-state index contributed by atoms with van der Waals surface area (Å²) in [5.74, 6) is 0.561. The van der Waals surface area contributed by atoms with Crippen LogP contribution in [0.3, 0.4) is 0 Å². The summed E-state index contributed by atoms with van der Waals surface area (Å²) in [5, 5.41) is 0. The number of sulfonamides is 1. The summed E-state index contributed by atoms with van der Waals surface area (Å²) < 4.78 is 26.5. The monoisotopic (exact) mass is 421 g/mol. The lowest BCUT2D eigenvalue weighted by atomic mass is 10.1. The van der Waals surface area contributed by atoms with Crippen molar-refractivity contribution < 1.29 is 18.0 Å². The van der Waals surface area contributed by atoms with Crippen LogP contribution in [0.1, 0.15) is 38.7 Å². The van der Waals surface area contributed by atoms with Gasteiger partial charge in [0.15, 0.2) is 0 Å². The molecule has 0 N–H and O–H groups in total. The molecule has 0 aromatic heterocycles.